The van der Waals surface area contributed by atoms with Crippen LogP contribution < -0.4 is 79.2 Å². The van der Waals surface area contributed by atoms with Crippen LogP contribution in [-0.2, 0) is 57.5 Å². The van der Waals surface area contributed by atoms with E-state index < -0.39 is 25.5 Å². The van der Waals surface area contributed by atoms with Gasteiger partial charge >= 0.3 is 59.1 Å². The Morgan fingerprint density at radius 1 is 0.936 bits per heavy atom. The number of benzene rings is 2. The van der Waals surface area contributed by atoms with E-state index in [1.165, 1.54) is 19.4 Å². The summed E-state index contributed by atoms with van der Waals surface area (Å²) in [5, 5.41) is 7.61. The first-order chi connectivity index (χ1) is 20.8. The normalized spacial score (nSPS) is 10.2. The molecule has 2 aromatic heterocycles. The number of nitrogens with one attached hydrogen (secondary N) is 3. The number of hydrogen-bond acceptors (Lipinski definition) is 11. The molecule has 0 fully saturated rings. The van der Waals surface area contributed by atoms with Crippen LogP contribution in [0.25, 0.3) is 21.8 Å². The molecular formula is C28H38BrN4Na2O10S2-. The standard InChI is InChI=1S/C14H17N2O4S.C13H16N2O2.CH3BrO3S.2Na.H2O.H2/c1-10(17)15-6-5-11-8-16(9-21(18)19)14-4-3-12(20-2)7-13(11)14;1-9(16)14-6-5-10-8-15-13-4-3-11(17-2)7-12(10)13;2-1-6(3,4)5;;;;/h3-4,7-8H,5-6,9H2,1-2H3,(H,15,17);3-4,7-8,15H,5-6H2,1-2H3,(H,14,16);1H2,(H,3,4,5);;;1H2;1H/q-1;;;2*+1;;/p-2. The van der Waals surface area contributed by atoms with Gasteiger partial charge in [-0.15, -0.1) is 0 Å². The fourth-order valence-electron chi connectivity index (χ4n) is 4.13. The molecule has 0 aliphatic rings. The van der Waals surface area contributed by atoms with Crippen molar-refractivity contribution >= 4 is 70.4 Å². The Morgan fingerprint density at radius 2 is 1.43 bits per heavy atom. The summed E-state index contributed by atoms with van der Waals surface area (Å²) in [5.74, 6) is 1.38. The van der Waals surface area contributed by atoms with E-state index in [0.717, 1.165) is 39.5 Å². The maximum Gasteiger partial charge on any atom is 1.00 e. The Labute approximate surface area is 329 Å². The van der Waals surface area contributed by atoms with E-state index in [2.05, 4.69) is 31.5 Å². The van der Waals surface area contributed by atoms with E-state index in [1.807, 2.05) is 42.7 Å². The number of hydrogen-bond donors (Lipinski definition) is 3. The van der Waals surface area contributed by atoms with Crippen molar-refractivity contribution in [1.82, 2.24) is 20.2 Å². The zero-order chi connectivity index (χ0) is 32.9. The minimum Gasteiger partial charge on any atom is -0.870 e. The average Bonchev–Trinajstić information content (AvgIpc) is 3.52. The number of H-pyrrole nitrogens is 1. The Hall–Kier alpha value is -1.64. The van der Waals surface area contributed by atoms with Gasteiger partial charge in [0.2, 0.25) is 11.8 Å². The second kappa shape index (κ2) is 23.7. The summed E-state index contributed by atoms with van der Waals surface area (Å²) in [6.07, 6.45) is 5.22. The molecule has 0 spiro atoms. The summed E-state index contributed by atoms with van der Waals surface area (Å²) in [6.45, 7) is 4.15. The van der Waals surface area contributed by atoms with Crippen LogP contribution in [0.2, 0.25) is 0 Å². The van der Waals surface area contributed by atoms with Gasteiger partial charge in [0.15, 0.2) is 0 Å². The molecule has 2 heterocycles. The number of aromatic nitrogens is 2. The average molecular weight is 781 g/mol. The van der Waals surface area contributed by atoms with Gasteiger partial charge in [0.1, 0.15) is 21.6 Å². The summed E-state index contributed by atoms with van der Waals surface area (Å²) in [5.41, 5.74) is 4.08. The number of alkyl halides is 1. The molecule has 252 valence electrons. The van der Waals surface area contributed by atoms with Crippen molar-refractivity contribution in [2.24, 2.45) is 0 Å². The van der Waals surface area contributed by atoms with Gasteiger partial charge < -0.3 is 48.1 Å². The van der Waals surface area contributed by atoms with Gasteiger partial charge in [-0.2, -0.15) is 0 Å². The molecule has 0 radical (unpaired) electrons. The number of rotatable bonds is 11. The van der Waals surface area contributed by atoms with Crippen LogP contribution >= 0.6 is 15.9 Å². The summed E-state index contributed by atoms with van der Waals surface area (Å²) < 4.78 is 61.7. The summed E-state index contributed by atoms with van der Waals surface area (Å²) in [4.78, 5) is 24.9. The first kappa shape index (κ1) is 47.5. The molecule has 0 saturated carbocycles. The molecule has 19 heteroatoms. The maximum absolute atomic E-state index is 10.9. The van der Waals surface area contributed by atoms with Crippen LogP contribution in [0.3, 0.4) is 0 Å². The number of carbonyl (C=O) groups is 2. The van der Waals surface area contributed by atoms with Crippen molar-refractivity contribution < 1.29 is 106 Å². The van der Waals surface area contributed by atoms with E-state index in [9.17, 15) is 31.0 Å². The summed E-state index contributed by atoms with van der Waals surface area (Å²) >= 11 is 2.47. The minimum atomic E-state index is -4.00. The molecule has 4 N–H and O–H groups in total. The van der Waals surface area contributed by atoms with Crippen molar-refractivity contribution in [3.63, 3.8) is 0 Å². The van der Waals surface area contributed by atoms with E-state index >= 15 is 0 Å². The monoisotopic (exact) mass is 779 g/mol. The Kier molecular flexibility index (Phi) is 23.9. The molecule has 0 unspecified atom stereocenters. The fraction of sp³-hybridized carbons (Fsp3) is 0.357. The molecule has 47 heavy (non-hydrogen) atoms. The third-order valence-electron chi connectivity index (χ3n) is 6.06. The molecule has 4 aromatic rings. The van der Waals surface area contributed by atoms with Crippen LogP contribution in [0.1, 0.15) is 26.4 Å². The molecule has 2 amide bonds. The van der Waals surface area contributed by atoms with Gasteiger partial charge in [-0.25, -0.2) is 8.42 Å². The number of nitrogens with zero attached hydrogens (tertiary/aromatic N) is 1. The summed E-state index contributed by atoms with van der Waals surface area (Å²) in [7, 11) is -2.92. The second-order valence-electron chi connectivity index (χ2n) is 9.30. The number of methoxy groups -OCH3 is 2. The molecule has 0 saturated heterocycles. The number of aromatic amines is 1. The van der Waals surface area contributed by atoms with Crippen molar-refractivity contribution in [1.29, 1.82) is 0 Å². The first-order valence-corrected chi connectivity index (χ1v) is 17.1. The second-order valence-corrected chi connectivity index (χ2v) is 12.9. The van der Waals surface area contributed by atoms with Gasteiger partial charge in [-0.3, -0.25) is 9.59 Å². The smallest absolute Gasteiger partial charge is 0.870 e. The van der Waals surface area contributed by atoms with Gasteiger partial charge in [0.05, 0.1) is 18.9 Å². The summed E-state index contributed by atoms with van der Waals surface area (Å²) in [6, 6.07) is 11.4. The number of fused-ring (bicyclic) bond motifs is 2. The van der Waals surface area contributed by atoms with Crippen LogP contribution in [0.4, 0.5) is 0 Å². The zero-order valence-electron chi connectivity index (χ0n) is 27.1. The van der Waals surface area contributed by atoms with Crippen molar-refractivity contribution in [2.75, 3.05) is 32.0 Å². The van der Waals surface area contributed by atoms with Crippen LogP contribution in [0.5, 0.6) is 11.5 Å². The predicted molar refractivity (Wildman–Crippen MR) is 174 cm³/mol. The van der Waals surface area contributed by atoms with Crippen LogP contribution in [0.15, 0.2) is 48.8 Å². The largest absolute Gasteiger partial charge is 1.00 e. The van der Waals surface area contributed by atoms with Gasteiger partial charge in [0.25, 0.3) is 0 Å². The van der Waals surface area contributed by atoms with Crippen molar-refractivity contribution in [3.05, 3.63) is 59.9 Å². The number of ether oxygens (including phenoxy) is 2. The molecule has 0 aliphatic carbocycles. The molecule has 4 rings (SSSR count). The van der Waals surface area contributed by atoms with E-state index in [0.29, 0.717) is 25.3 Å². The topological polar surface area (TPSA) is 219 Å². The van der Waals surface area contributed by atoms with E-state index in [1.54, 1.807) is 24.9 Å². The number of halogens is 1. The molecular weight excluding hydrogens is 742 g/mol. The van der Waals surface area contributed by atoms with Crippen LogP contribution in [0, 0.1) is 0 Å². The molecule has 0 atom stereocenters. The number of amides is 2. The number of carbonyl (C=O) groups excluding carboxylic acids is 2. The van der Waals surface area contributed by atoms with E-state index in [4.69, 9.17) is 9.47 Å². The van der Waals surface area contributed by atoms with Gasteiger partial charge in [-0.05, 0) is 60.4 Å². The van der Waals surface area contributed by atoms with Crippen molar-refractivity contribution in [2.45, 2.75) is 32.6 Å². The quantitative estimate of drug-likeness (QED) is 0.0625. The zero-order valence-corrected chi connectivity index (χ0v) is 34.3. The minimum absolute atomic E-state index is 0. The molecule has 2 aromatic carbocycles. The predicted octanol–water partition coefficient (Wildman–Crippen LogP) is -2.59. The van der Waals surface area contributed by atoms with Gasteiger partial charge in [0, 0.05) is 68.4 Å². The van der Waals surface area contributed by atoms with Gasteiger partial charge in [-0.1, -0.05) is 26.6 Å². The third kappa shape index (κ3) is 17.0. The Balaban J connectivity index is -0.000000682. The molecule has 0 aliphatic heterocycles. The Bertz CT molecular complexity index is 1760. The maximum atomic E-state index is 10.9. The van der Waals surface area contributed by atoms with Crippen molar-refractivity contribution in [3.8, 4) is 11.5 Å². The Morgan fingerprint density at radius 3 is 1.89 bits per heavy atom. The first-order valence-electron chi connectivity index (χ1n) is 13.1. The third-order valence-corrected chi connectivity index (χ3v) is 8.50. The van der Waals surface area contributed by atoms with E-state index in [-0.39, 0.29) is 83.7 Å². The van der Waals surface area contributed by atoms with Crippen LogP contribution in [-0.4, -0.2) is 71.8 Å². The fourth-order valence-corrected chi connectivity index (χ4v) is 4.58. The molecule has 14 nitrogen and oxygen atoms in total. The molecule has 0 bridgehead atoms. The SMILES string of the molecule is COc1ccc2[nH]cc(CCNC(C)=O)c2c1.COc1ccc2c(c1)c(CCNC(C)=O)cn2C[S-](=O)=O.O=S(=O)([O-])CBr.[HH].[Na+].[Na+].[OH-].